The number of nitrogens with zero attached hydrogens (tertiary/aromatic N) is 5. The van der Waals surface area contributed by atoms with Gasteiger partial charge in [-0.3, -0.25) is 4.79 Å². The predicted octanol–water partition coefficient (Wildman–Crippen LogP) is 1.67. The molecule has 0 bridgehead atoms. The maximum absolute atomic E-state index is 12.2. The fraction of sp³-hybridized carbons (Fsp3) is 0.385. The number of aromatic nitrogens is 4. The van der Waals surface area contributed by atoms with Gasteiger partial charge < -0.3 is 9.47 Å². The molecule has 1 aliphatic heterocycles. The third-order valence-corrected chi connectivity index (χ3v) is 3.87. The molecule has 0 saturated carbocycles. The van der Waals surface area contributed by atoms with E-state index in [1.807, 2.05) is 4.90 Å². The maximum atomic E-state index is 12.2. The highest BCUT2D eigenvalue weighted by Gasteiger charge is 2.30. The van der Waals surface area contributed by atoms with Gasteiger partial charge in [-0.15, -0.1) is 0 Å². The number of anilines is 1. The van der Waals surface area contributed by atoms with Crippen molar-refractivity contribution in [3.8, 4) is 0 Å². The van der Waals surface area contributed by atoms with Crippen molar-refractivity contribution in [2.24, 2.45) is 7.05 Å². The first-order chi connectivity index (χ1) is 9.66. The van der Waals surface area contributed by atoms with Crippen LogP contribution in [0.1, 0.15) is 24.7 Å². The van der Waals surface area contributed by atoms with E-state index in [0.29, 0.717) is 5.82 Å². The van der Waals surface area contributed by atoms with Crippen LogP contribution in [-0.4, -0.2) is 26.1 Å². The molecule has 3 heterocycles. The van der Waals surface area contributed by atoms with Gasteiger partial charge in [-0.2, -0.15) is 0 Å². The van der Waals surface area contributed by atoms with E-state index in [1.54, 1.807) is 36.4 Å². The van der Waals surface area contributed by atoms with Gasteiger partial charge in [0.2, 0.25) is 0 Å². The third kappa shape index (κ3) is 2.33. The summed E-state index contributed by atoms with van der Waals surface area (Å²) in [5, 5.41) is 0. The summed E-state index contributed by atoms with van der Waals surface area (Å²) in [6.45, 7) is 0.802. The Kier molecular flexibility index (Phi) is 3.52. The van der Waals surface area contributed by atoms with Gasteiger partial charge in [-0.05, 0) is 28.8 Å². The zero-order valence-electron chi connectivity index (χ0n) is 11.0. The number of halogens is 1. The van der Waals surface area contributed by atoms with Crippen molar-refractivity contribution in [3.05, 3.63) is 45.4 Å². The van der Waals surface area contributed by atoms with E-state index in [-0.39, 0.29) is 11.6 Å². The predicted molar refractivity (Wildman–Crippen MR) is 78.5 cm³/mol. The molecule has 104 valence electrons. The minimum absolute atomic E-state index is 0.0192. The van der Waals surface area contributed by atoms with Crippen LogP contribution in [0.4, 0.5) is 5.82 Å². The van der Waals surface area contributed by atoms with Gasteiger partial charge in [0.1, 0.15) is 0 Å². The number of hydrogen-bond acceptors (Lipinski definition) is 5. The van der Waals surface area contributed by atoms with Gasteiger partial charge in [0.15, 0.2) is 11.6 Å². The van der Waals surface area contributed by atoms with E-state index >= 15 is 0 Å². The van der Waals surface area contributed by atoms with Gasteiger partial charge in [-0.1, -0.05) is 0 Å². The van der Waals surface area contributed by atoms with Crippen molar-refractivity contribution in [1.82, 2.24) is 19.5 Å². The normalized spacial score (nSPS) is 18.5. The second-order valence-electron chi connectivity index (χ2n) is 4.78. The zero-order chi connectivity index (χ0) is 14.1. The number of aryl methyl sites for hydroxylation is 1. The quantitative estimate of drug-likeness (QED) is 0.835. The standard InChI is InChI=1S/C13H14BrN5O/c1-18-6-4-15-12(13(18)20)19-5-2-3-10(19)11-16-7-9(14)8-17-11/h4,6-8,10H,2-3,5H2,1H3. The van der Waals surface area contributed by atoms with Crippen LogP contribution in [0, 0.1) is 0 Å². The second kappa shape index (κ2) is 5.32. The highest BCUT2D eigenvalue weighted by Crippen LogP contribution is 2.31. The Balaban J connectivity index is 1.98. The van der Waals surface area contributed by atoms with Crippen LogP contribution in [-0.2, 0) is 7.05 Å². The van der Waals surface area contributed by atoms with Crippen LogP contribution in [0.3, 0.4) is 0 Å². The lowest BCUT2D eigenvalue weighted by Crippen LogP contribution is -2.32. The molecule has 20 heavy (non-hydrogen) atoms. The monoisotopic (exact) mass is 335 g/mol. The molecule has 1 saturated heterocycles. The summed E-state index contributed by atoms with van der Waals surface area (Å²) in [6.07, 6.45) is 8.71. The summed E-state index contributed by atoms with van der Waals surface area (Å²) in [5.74, 6) is 1.21. The van der Waals surface area contributed by atoms with Gasteiger partial charge in [0.05, 0.1) is 10.5 Å². The van der Waals surface area contributed by atoms with Crippen LogP contribution in [0.2, 0.25) is 0 Å². The summed E-state index contributed by atoms with van der Waals surface area (Å²) in [4.78, 5) is 27.1. The topological polar surface area (TPSA) is 63.9 Å². The number of rotatable bonds is 2. The smallest absolute Gasteiger partial charge is 0.293 e. The minimum Gasteiger partial charge on any atom is -0.342 e. The van der Waals surface area contributed by atoms with E-state index in [9.17, 15) is 4.79 Å². The van der Waals surface area contributed by atoms with E-state index in [1.165, 1.54) is 0 Å². The van der Waals surface area contributed by atoms with Gasteiger partial charge >= 0.3 is 0 Å². The molecule has 1 aliphatic rings. The lowest BCUT2D eigenvalue weighted by molar-refractivity contribution is 0.651. The molecule has 2 aromatic rings. The molecular formula is C13H14BrN5O. The second-order valence-corrected chi connectivity index (χ2v) is 5.69. The fourth-order valence-corrected chi connectivity index (χ4v) is 2.67. The van der Waals surface area contributed by atoms with E-state index < -0.39 is 0 Å². The Bertz CT molecular complexity index is 669. The maximum Gasteiger partial charge on any atom is 0.293 e. The molecular weight excluding hydrogens is 322 g/mol. The molecule has 1 atom stereocenters. The fourth-order valence-electron chi connectivity index (χ4n) is 2.46. The Morgan fingerprint density at radius 1 is 1.30 bits per heavy atom. The SMILES string of the molecule is Cn1ccnc(N2CCCC2c2ncc(Br)cn2)c1=O. The summed E-state index contributed by atoms with van der Waals surface area (Å²) >= 11 is 3.33. The first-order valence-electron chi connectivity index (χ1n) is 6.42. The molecule has 0 radical (unpaired) electrons. The summed E-state index contributed by atoms with van der Waals surface area (Å²) in [6, 6.07) is 0.0192. The first kappa shape index (κ1) is 13.2. The highest BCUT2D eigenvalue weighted by atomic mass is 79.9. The van der Waals surface area contributed by atoms with Crippen molar-refractivity contribution < 1.29 is 0 Å². The molecule has 0 N–H and O–H groups in total. The van der Waals surface area contributed by atoms with Crippen LogP contribution in [0.5, 0.6) is 0 Å². The summed E-state index contributed by atoms with van der Waals surface area (Å²) < 4.78 is 2.39. The highest BCUT2D eigenvalue weighted by molar-refractivity contribution is 9.10. The molecule has 2 aromatic heterocycles. The Labute approximate surface area is 124 Å². The van der Waals surface area contributed by atoms with Crippen molar-refractivity contribution in [2.75, 3.05) is 11.4 Å². The molecule has 0 amide bonds. The Morgan fingerprint density at radius 3 is 2.80 bits per heavy atom. The lowest BCUT2D eigenvalue weighted by atomic mass is 10.2. The molecule has 0 aliphatic carbocycles. The lowest BCUT2D eigenvalue weighted by Gasteiger charge is -2.23. The van der Waals surface area contributed by atoms with E-state index in [4.69, 9.17) is 0 Å². The minimum atomic E-state index is -0.0866. The molecule has 6 nitrogen and oxygen atoms in total. The Hall–Kier alpha value is -1.76. The van der Waals surface area contributed by atoms with Gasteiger partial charge in [0, 0.05) is 38.4 Å². The van der Waals surface area contributed by atoms with Crippen molar-refractivity contribution >= 4 is 21.7 Å². The third-order valence-electron chi connectivity index (χ3n) is 3.46. The molecule has 0 spiro atoms. The van der Waals surface area contributed by atoms with Crippen LogP contribution >= 0.6 is 15.9 Å². The van der Waals surface area contributed by atoms with Crippen molar-refractivity contribution in [3.63, 3.8) is 0 Å². The van der Waals surface area contributed by atoms with Crippen LogP contribution in [0.25, 0.3) is 0 Å². The molecule has 0 aromatic carbocycles. The van der Waals surface area contributed by atoms with Crippen molar-refractivity contribution in [2.45, 2.75) is 18.9 Å². The average Bonchev–Trinajstić information content (AvgIpc) is 2.92. The molecule has 3 rings (SSSR count). The van der Waals surface area contributed by atoms with Crippen LogP contribution < -0.4 is 10.5 Å². The average molecular weight is 336 g/mol. The van der Waals surface area contributed by atoms with Gasteiger partial charge in [-0.25, -0.2) is 15.0 Å². The van der Waals surface area contributed by atoms with Crippen LogP contribution in [0.15, 0.2) is 34.1 Å². The summed E-state index contributed by atoms with van der Waals surface area (Å²) in [7, 11) is 1.73. The van der Waals surface area contributed by atoms with Gasteiger partial charge in [0.25, 0.3) is 5.56 Å². The van der Waals surface area contributed by atoms with Crippen molar-refractivity contribution in [1.29, 1.82) is 0 Å². The molecule has 1 fully saturated rings. The zero-order valence-corrected chi connectivity index (χ0v) is 12.6. The Morgan fingerprint density at radius 2 is 2.05 bits per heavy atom. The molecule has 1 unspecified atom stereocenters. The molecule has 7 heteroatoms. The first-order valence-corrected chi connectivity index (χ1v) is 7.22. The van der Waals surface area contributed by atoms with E-state index in [2.05, 4.69) is 30.9 Å². The largest absolute Gasteiger partial charge is 0.342 e. The summed E-state index contributed by atoms with van der Waals surface area (Å²) in [5.41, 5.74) is -0.0866. The van der Waals surface area contributed by atoms with E-state index in [0.717, 1.165) is 29.7 Å². The number of hydrogen-bond donors (Lipinski definition) is 0.